The second-order valence-electron chi connectivity index (χ2n) is 2.65. The first-order valence-corrected chi connectivity index (χ1v) is 4.63. The third-order valence-corrected chi connectivity index (χ3v) is 2.25. The van der Waals surface area contributed by atoms with E-state index in [1.54, 1.807) is 12.1 Å². The van der Waals surface area contributed by atoms with Crippen LogP contribution in [0.5, 0.6) is 5.75 Å². The average molecular weight is 285 g/mol. The molecule has 2 N–H and O–H groups in total. The van der Waals surface area contributed by atoms with E-state index in [0.717, 1.165) is 4.47 Å². The Hall–Kier alpha value is -0.320. The van der Waals surface area contributed by atoms with Crippen molar-refractivity contribution in [1.29, 1.82) is 0 Å². The van der Waals surface area contributed by atoms with Crippen molar-refractivity contribution in [2.45, 2.75) is 6.04 Å². The number of nitrogens with two attached hydrogens (primary N) is 1. The summed E-state index contributed by atoms with van der Waals surface area (Å²) in [6.07, 6.45) is 0. The Morgan fingerprint density at radius 2 is 2.21 bits per heavy atom. The van der Waals surface area contributed by atoms with Gasteiger partial charge in [-0.15, -0.1) is 12.4 Å². The molecule has 0 aromatic heterocycles. The lowest BCUT2D eigenvalue weighted by atomic mass is 10.1. The van der Waals surface area contributed by atoms with Crippen LogP contribution in [0.4, 0.5) is 4.39 Å². The summed E-state index contributed by atoms with van der Waals surface area (Å²) in [7, 11) is 1.54. The van der Waals surface area contributed by atoms with Crippen LogP contribution in [0.3, 0.4) is 0 Å². The molecule has 1 aromatic carbocycles. The van der Waals surface area contributed by atoms with Gasteiger partial charge in [-0.3, -0.25) is 0 Å². The van der Waals surface area contributed by atoms with E-state index in [1.165, 1.54) is 7.11 Å². The van der Waals surface area contributed by atoms with Gasteiger partial charge in [-0.1, -0.05) is 15.9 Å². The lowest BCUT2D eigenvalue weighted by molar-refractivity contribution is 0.389. The van der Waals surface area contributed by atoms with Crippen molar-refractivity contribution in [3.63, 3.8) is 0 Å². The first kappa shape index (κ1) is 13.7. The molecule has 0 heterocycles. The normalized spacial score (nSPS) is 11.7. The van der Waals surface area contributed by atoms with Crippen molar-refractivity contribution in [3.8, 4) is 5.75 Å². The highest BCUT2D eigenvalue weighted by Crippen LogP contribution is 2.27. The molecule has 0 saturated carbocycles. The lowest BCUT2D eigenvalue weighted by Gasteiger charge is -2.12. The highest BCUT2D eigenvalue weighted by molar-refractivity contribution is 9.10. The van der Waals surface area contributed by atoms with Crippen molar-refractivity contribution in [1.82, 2.24) is 0 Å². The minimum absolute atomic E-state index is 0. The smallest absolute Gasteiger partial charge is 0.123 e. The van der Waals surface area contributed by atoms with Gasteiger partial charge in [-0.05, 0) is 18.2 Å². The monoisotopic (exact) mass is 283 g/mol. The Kier molecular flexibility index (Phi) is 6.08. The van der Waals surface area contributed by atoms with Gasteiger partial charge in [0, 0.05) is 10.0 Å². The molecule has 0 fully saturated rings. The van der Waals surface area contributed by atoms with Crippen molar-refractivity contribution < 1.29 is 9.13 Å². The SMILES string of the molecule is COc1ccc(Br)cc1[C@H](N)CF.Cl. The molecule has 0 aliphatic rings. The third-order valence-electron chi connectivity index (χ3n) is 1.76. The highest BCUT2D eigenvalue weighted by atomic mass is 79.9. The van der Waals surface area contributed by atoms with E-state index < -0.39 is 12.7 Å². The summed E-state index contributed by atoms with van der Waals surface area (Å²) in [4.78, 5) is 0. The minimum Gasteiger partial charge on any atom is -0.496 e. The molecule has 0 spiro atoms. The molecule has 0 radical (unpaired) electrons. The number of hydrogen-bond acceptors (Lipinski definition) is 2. The van der Waals surface area contributed by atoms with Gasteiger partial charge >= 0.3 is 0 Å². The van der Waals surface area contributed by atoms with Crippen molar-refractivity contribution >= 4 is 28.3 Å². The fraction of sp³-hybridized carbons (Fsp3) is 0.333. The molecule has 1 rings (SSSR count). The molecule has 0 aliphatic heterocycles. The molecule has 5 heteroatoms. The van der Waals surface area contributed by atoms with Crippen LogP contribution < -0.4 is 10.5 Å². The maximum Gasteiger partial charge on any atom is 0.123 e. The molecule has 0 saturated heterocycles. The average Bonchev–Trinajstić information content (AvgIpc) is 2.16. The molecular formula is C9H12BrClFNO. The second-order valence-corrected chi connectivity index (χ2v) is 3.56. The molecule has 0 aliphatic carbocycles. The zero-order chi connectivity index (χ0) is 9.84. The molecule has 0 unspecified atom stereocenters. The fourth-order valence-corrected chi connectivity index (χ4v) is 1.46. The molecule has 1 aromatic rings. The van der Waals surface area contributed by atoms with Crippen LogP contribution in [0.25, 0.3) is 0 Å². The van der Waals surface area contributed by atoms with Gasteiger partial charge in [0.05, 0.1) is 13.2 Å². The van der Waals surface area contributed by atoms with Gasteiger partial charge in [0.2, 0.25) is 0 Å². The van der Waals surface area contributed by atoms with Crippen LogP contribution in [0.1, 0.15) is 11.6 Å². The van der Waals surface area contributed by atoms with E-state index in [9.17, 15) is 4.39 Å². The number of rotatable bonds is 3. The van der Waals surface area contributed by atoms with Crippen LogP contribution in [0.2, 0.25) is 0 Å². The lowest BCUT2D eigenvalue weighted by Crippen LogP contribution is -2.13. The summed E-state index contributed by atoms with van der Waals surface area (Å²) in [6.45, 7) is -0.590. The third kappa shape index (κ3) is 3.12. The Balaban J connectivity index is 0.00000169. The van der Waals surface area contributed by atoms with Gasteiger partial charge < -0.3 is 10.5 Å². The molecule has 14 heavy (non-hydrogen) atoms. The number of alkyl halides is 1. The quantitative estimate of drug-likeness (QED) is 0.926. The Morgan fingerprint density at radius 3 is 2.71 bits per heavy atom. The Morgan fingerprint density at radius 1 is 1.57 bits per heavy atom. The van der Waals surface area contributed by atoms with E-state index >= 15 is 0 Å². The summed E-state index contributed by atoms with van der Waals surface area (Å²) in [5.41, 5.74) is 6.24. The fourth-order valence-electron chi connectivity index (χ4n) is 1.08. The van der Waals surface area contributed by atoms with Gasteiger partial charge in [0.15, 0.2) is 0 Å². The maximum atomic E-state index is 12.3. The molecule has 0 amide bonds. The Labute approximate surface area is 97.2 Å². The molecule has 1 atom stereocenters. The van der Waals surface area contributed by atoms with Crippen LogP contribution >= 0.6 is 28.3 Å². The van der Waals surface area contributed by atoms with E-state index in [4.69, 9.17) is 10.5 Å². The number of ether oxygens (including phenoxy) is 1. The van der Waals surface area contributed by atoms with E-state index in [1.807, 2.05) is 6.07 Å². The Bertz CT molecular complexity index is 298. The number of methoxy groups -OCH3 is 1. The van der Waals surface area contributed by atoms with Crippen LogP contribution in [-0.2, 0) is 0 Å². The minimum atomic E-state index is -0.618. The maximum absolute atomic E-state index is 12.3. The summed E-state index contributed by atoms with van der Waals surface area (Å²) < 4.78 is 18.2. The van der Waals surface area contributed by atoms with E-state index in [2.05, 4.69) is 15.9 Å². The van der Waals surface area contributed by atoms with Gasteiger partial charge in [-0.25, -0.2) is 4.39 Å². The first-order valence-electron chi connectivity index (χ1n) is 3.84. The number of halogens is 3. The van der Waals surface area contributed by atoms with Crippen LogP contribution in [0, 0.1) is 0 Å². The van der Waals surface area contributed by atoms with Crippen molar-refractivity contribution in [3.05, 3.63) is 28.2 Å². The number of hydrogen-bond donors (Lipinski definition) is 1. The predicted octanol–water partition coefficient (Wildman–Crippen LogP) is 2.85. The molecule has 2 nitrogen and oxygen atoms in total. The molecule has 0 bridgehead atoms. The zero-order valence-electron chi connectivity index (χ0n) is 7.67. The molecular weight excluding hydrogens is 272 g/mol. The summed E-state index contributed by atoms with van der Waals surface area (Å²) in [5.74, 6) is 0.619. The van der Waals surface area contributed by atoms with Gasteiger partial charge in [0.25, 0.3) is 0 Å². The molecule has 80 valence electrons. The summed E-state index contributed by atoms with van der Waals surface area (Å²) in [5, 5.41) is 0. The largest absolute Gasteiger partial charge is 0.496 e. The van der Waals surface area contributed by atoms with E-state index in [-0.39, 0.29) is 12.4 Å². The first-order chi connectivity index (χ1) is 6.19. The number of benzene rings is 1. The topological polar surface area (TPSA) is 35.2 Å². The summed E-state index contributed by atoms with van der Waals surface area (Å²) >= 11 is 3.29. The zero-order valence-corrected chi connectivity index (χ0v) is 10.1. The van der Waals surface area contributed by atoms with Crippen molar-refractivity contribution in [2.75, 3.05) is 13.8 Å². The predicted molar refractivity (Wildman–Crippen MR) is 60.8 cm³/mol. The van der Waals surface area contributed by atoms with Gasteiger partial charge in [0.1, 0.15) is 12.4 Å². The van der Waals surface area contributed by atoms with Crippen LogP contribution in [-0.4, -0.2) is 13.8 Å². The van der Waals surface area contributed by atoms with Gasteiger partial charge in [-0.2, -0.15) is 0 Å². The standard InChI is InChI=1S/C9H11BrFNO.ClH/c1-13-9-3-2-6(10)4-7(9)8(12)5-11;/h2-4,8H,5,12H2,1H3;1H/t8-;/m1./s1. The second kappa shape index (κ2) is 6.22. The summed E-state index contributed by atoms with van der Waals surface area (Å²) in [6, 6.07) is 4.73. The highest BCUT2D eigenvalue weighted by Gasteiger charge is 2.11. The van der Waals surface area contributed by atoms with E-state index in [0.29, 0.717) is 11.3 Å². The van der Waals surface area contributed by atoms with Crippen molar-refractivity contribution in [2.24, 2.45) is 5.73 Å². The van der Waals surface area contributed by atoms with Crippen LogP contribution in [0.15, 0.2) is 22.7 Å².